The number of halogens is 4. The zero-order valence-corrected chi connectivity index (χ0v) is 18.7. The van der Waals surface area contributed by atoms with Crippen molar-refractivity contribution in [2.24, 2.45) is 11.3 Å². The van der Waals surface area contributed by atoms with E-state index in [9.17, 15) is 22.4 Å². The minimum atomic E-state index is -4.63. The fraction of sp³-hybridized carbons (Fsp3) is 0.440. The topological polar surface area (TPSA) is 56.6 Å². The number of benzene rings is 2. The molecule has 2 aromatic carbocycles. The number of piperidine rings is 1. The van der Waals surface area contributed by atoms with Crippen LogP contribution in [0.3, 0.4) is 0 Å². The third-order valence-electron chi connectivity index (χ3n) is 6.81. The van der Waals surface area contributed by atoms with Gasteiger partial charge in [0.25, 0.3) is 5.91 Å². The Morgan fingerprint density at radius 2 is 2.03 bits per heavy atom. The van der Waals surface area contributed by atoms with Crippen LogP contribution in [0.15, 0.2) is 42.5 Å². The van der Waals surface area contributed by atoms with Crippen LogP contribution in [-0.2, 0) is 10.9 Å². The number of carbonyl (C=O) groups is 1. The van der Waals surface area contributed by atoms with Crippen LogP contribution in [0.25, 0.3) is 0 Å². The standard InChI is InChI=1S/C25H25F4N3O2/c1-2-34-16-24-14-31(23(33)17-4-3-5-20(26)10-17)9-8-19(24)13-32(15-24)21-7-6-18(12-30)22(11-21)25(27,28)29/h3-7,10-11,19H,2,8-9,13-16H2,1H3/t19-,24+/m0/s1. The van der Waals surface area contributed by atoms with Crippen molar-refractivity contribution in [1.29, 1.82) is 5.26 Å². The van der Waals surface area contributed by atoms with Gasteiger partial charge in [-0.05, 0) is 55.7 Å². The molecule has 34 heavy (non-hydrogen) atoms. The number of carbonyl (C=O) groups excluding carboxylic acids is 1. The largest absolute Gasteiger partial charge is 0.417 e. The molecule has 2 fully saturated rings. The summed E-state index contributed by atoms with van der Waals surface area (Å²) in [5, 5.41) is 9.10. The van der Waals surface area contributed by atoms with Gasteiger partial charge in [0.2, 0.25) is 0 Å². The van der Waals surface area contributed by atoms with Gasteiger partial charge in [0.05, 0.1) is 23.8 Å². The number of likely N-dealkylation sites (tertiary alicyclic amines) is 1. The summed E-state index contributed by atoms with van der Waals surface area (Å²) in [6.07, 6.45) is -3.97. The van der Waals surface area contributed by atoms with Crippen molar-refractivity contribution >= 4 is 11.6 Å². The molecule has 1 amide bonds. The number of rotatable bonds is 5. The lowest BCUT2D eigenvalue weighted by Gasteiger charge is -2.43. The molecule has 2 atom stereocenters. The lowest BCUT2D eigenvalue weighted by molar-refractivity contribution is -0.137. The second-order valence-electron chi connectivity index (χ2n) is 8.94. The highest BCUT2D eigenvalue weighted by atomic mass is 19.4. The van der Waals surface area contributed by atoms with Crippen LogP contribution in [0.4, 0.5) is 23.2 Å². The molecule has 0 unspecified atom stereocenters. The fourth-order valence-corrected chi connectivity index (χ4v) is 5.13. The zero-order valence-electron chi connectivity index (χ0n) is 18.7. The summed E-state index contributed by atoms with van der Waals surface area (Å²) in [5.74, 6) is -0.649. The van der Waals surface area contributed by atoms with E-state index >= 15 is 0 Å². The SMILES string of the molecule is CCOC[C@]12CN(C(=O)c3cccc(F)c3)CC[C@H]1CN(c1ccc(C#N)c(C(F)(F)F)c1)C2. The second kappa shape index (κ2) is 9.26. The smallest absolute Gasteiger partial charge is 0.381 e. The maximum atomic E-state index is 13.7. The van der Waals surface area contributed by atoms with Crippen molar-refractivity contribution < 1.29 is 27.1 Å². The van der Waals surface area contributed by atoms with E-state index in [1.807, 2.05) is 11.8 Å². The zero-order chi connectivity index (χ0) is 24.5. The molecule has 0 aliphatic carbocycles. The molecule has 0 saturated carbocycles. The van der Waals surface area contributed by atoms with Gasteiger partial charge in [-0.15, -0.1) is 0 Å². The maximum Gasteiger partial charge on any atom is 0.417 e. The molecule has 5 nitrogen and oxygen atoms in total. The summed E-state index contributed by atoms with van der Waals surface area (Å²) in [7, 11) is 0. The first-order chi connectivity index (χ1) is 16.2. The molecule has 0 bridgehead atoms. The Morgan fingerprint density at radius 1 is 1.24 bits per heavy atom. The molecule has 4 rings (SSSR count). The molecule has 0 aromatic heterocycles. The molecule has 0 spiro atoms. The number of nitriles is 1. The van der Waals surface area contributed by atoms with E-state index in [2.05, 4.69) is 0 Å². The summed E-state index contributed by atoms with van der Waals surface area (Å²) >= 11 is 0. The number of amides is 1. The van der Waals surface area contributed by atoms with E-state index in [4.69, 9.17) is 10.00 Å². The monoisotopic (exact) mass is 475 g/mol. The molecule has 2 heterocycles. The number of alkyl halides is 3. The lowest BCUT2D eigenvalue weighted by atomic mass is 9.73. The summed E-state index contributed by atoms with van der Waals surface area (Å²) in [5.41, 5.74) is -1.18. The van der Waals surface area contributed by atoms with Crippen molar-refractivity contribution in [3.63, 3.8) is 0 Å². The number of hydrogen-bond acceptors (Lipinski definition) is 4. The average molecular weight is 475 g/mol. The Kier molecular flexibility index (Phi) is 6.54. The first kappa shape index (κ1) is 24.0. The average Bonchev–Trinajstić information content (AvgIpc) is 3.20. The Balaban J connectivity index is 1.62. The quantitative estimate of drug-likeness (QED) is 0.588. The molecule has 9 heteroatoms. The van der Waals surface area contributed by atoms with Crippen molar-refractivity contribution in [1.82, 2.24) is 4.90 Å². The minimum absolute atomic E-state index is 0.112. The molecule has 2 saturated heterocycles. The predicted molar refractivity (Wildman–Crippen MR) is 118 cm³/mol. The van der Waals surface area contributed by atoms with Crippen LogP contribution in [0.5, 0.6) is 0 Å². The van der Waals surface area contributed by atoms with Crippen molar-refractivity contribution in [3.8, 4) is 6.07 Å². The number of fused-ring (bicyclic) bond motifs is 1. The van der Waals surface area contributed by atoms with E-state index in [1.165, 1.54) is 30.3 Å². The van der Waals surface area contributed by atoms with Gasteiger partial charge >= 0.3 is 6.18 Å². The van der Waals surface area contributed by atoms with Gasteiger partial charge in [0.1, 0.15) is 5.82 Å². The van der Waals surface area contributed by atoms with Crippen molar-refractivity contribution in [2.45, 2.75) is 19.5 Å². The first-order valence-corrected chi connectivity index (χ1v) is 11.2. The van der Waals surface area contributed by atoms with Gasteiger partial charge in [-0.3, -0.25) is 4.79 Å². The third-order valence-corrected chi connectivity index (χ3v) is 6.81. The minimum Gasteiger partial charge on any atom is -0.381 e. The van der Waals surface area contributed by atoms with Gasteiger partial charge in [0, 0.05) is 49.5 Å². The predicted octanol–water partition coefficient (Wildman–Crippen LogP) is 4.72. The Hall–Kier alpha value is -3.12. The number of nitrogens with zero attached hydrogens (tertiary/aromatic N) is 3. The summed E-state index contributed by atoms with van der Waals surface area (Å²) in [4.78, 5) is 16.7. The van der Waals surface area contributed by atoms with Crippen molar-refractivity contribution in [2.75, 3.05) is 44.3 Å². The Morgan fingerprint density at radius 3 is 2.71 bits per heavy atom. The lowest BCUT2D eigenvalue weighted by Crippen LogP contribution is -2.53. The summed E-state index contributed by atoms with van der Waals surface area (Å²) in [6, 6.07) is 10.9. The normalized spacial score (nSPS) is 22.4. The molecular formula is C25H25F4N3O2. The molecule has 180 valence electrons. The van der Waals surface area contributed by atoms with Gasteiger partial charge in [0.15, 0.2) is 0 Å². The first-order valence-electron chi connectivity index (χ1n) is 11.2. The van der Waals surface area contributed by atoms with Crippen molar-refractivity contribution in [3.05, 3.63) is 65.0 Å². The van der Waals surface area contributed by atoms with Crippen LogP contribution >= 0.6 is 0 Å². The maximum absolute atomic E-state index is 13.7. The summed E-state index contributed by atoms with van der Waals surface area (Å²) < 4.78 is 60.0. The van der Waals surface area contributed by atoms with Crippen LogP contribution in [0.2, 0.25) is 0 Å². The Labute approximate surface area is 195 Å². The van der Waals surface area contributed by atoms with E-state index in [1.54, 1.807) is 17.0 Å². The van der Waals surface area contributed by atoms with Gasteiger partial charge in [-0.2, -0.15) is 18.4 Å². The second-order valence-corrected chi connectivity index (χ2v) is 8.94. The van der Waals surface area contributed by atoms with E-state index in [0.717, 1.165) is 6.07 Å². The van der Waals surface area contributed by atoms with Crippen LogP contribution in [0, 0.1) is 28.5 Å². The Bertz CT molecular complexity index is 1110. The fourth-order valence-electron chi connectivity index (χ4n) is 5.13. The highest BCUT2D eigenvalue weighted by Crippen LogP contribution is 2.45. The van der Waals surface area contributed by atoms with E-state index < -0.39 is 28.5 Å². The van der Waals surface area contributed by atoms with Crippen LogP contribution in [-0.4, -0.2) is 50.2 Å². The third kappa shape index (κ3) is 4.60. The van der Waals surface area contributed by atoms with E-state index in [0.29, 0.717) is 51.5 Å². The highest BCUT2D eigenvalue weighted by molar-refractivity contribution is 5.94. The molecule has 2 aromatic rings. The van der Waals surface area contributed by atoms with Gasteiger partial charge < -0.3 is 14.5 Å². The number of anilines is 1. The number of ether oxygens (including phenoxy) is 1. The molecule has 2 aliphatic heterocycles. The molecule has 0 N–H and O–H groups in total. The van der Waals surface area contributed by atoms with Crippen LogP contribution < -0.4 is 4.90 Å². The van der Waals surface area contributed by atoms with Gasteiger partial charge in [-0.1, -0.05) is 6.07 Å². The molecule has 0 radical (unpaired) electrons. The van der Waals surface area contributed by atoms with Gasteiger partial charge in [-0.25, -0.2) is 4.39 Å². The van der Waals surface area contributed by atoms with Crippen LogP contribution in [0.1, 0.15) is 34.8 Å². The molecular weight excluding hydrogens is 450 g/mol. The number of hydrogen-bond donors (Lipinski definition) is 0. The molecule has 2 aliphatic rings. The summed E-state index contributed by atoms with van der Waals surface area (Å²) in [6.45, 7) is 4.48. The highest BCUT2D eigenvalue weighted by Gasteiger charge is 2.51. The van der Waals surface area contributed by atoms with E-state index in [-0.39, 0.29) is 17.4 Å².